The summed E-state index contributed by atoms with van der Waals surface area (Å²) in [5, 5.41) is 2.74. The standard InChI is InChI=1S/C15H11F6NO2/c16-14(17,18)11-3-1-10(2-4-11)5-6-13(7-8-22-9-13)24-12(23)15(19,20)21/h1-4,22H,7-9H2. The van der Waals surface area contributed by atoms with Gasteiger partial charge >= 0.3 is 18.3 Å². The molecule has 1 saturated heterocycles. The maximum absolute atomic E-state index is 12.5. The predicted octanol–water partition coefficient (Wildman–Crippen LogP) is 2.89. The van der Waals surface area contributed by atoms with Crippen LogP contribution >= 0.6 is 0 Å². The van der Waals surface area contributed by atoms with Crippen molar-refractivity contribution in [2.75, 3.05) is 13.1 Å². The van der Waals surface area contributed by atoms with Gasteiger partial charge in [0.1, 0.15) is 0 Å². The SMILES string of the molecule is O=C(OC1(C#Cc2ccc(C(F)(F)F)cc2)CCNC1)C(F)(F)F. The number of carbonyl (C=O) groups excluding carboxylic acids is 1. The van der Waals surface area contributed by atoms with Gasteiger partial charge in [-0.3, -0.25) is 0 Å². The van der Waals surface area contributed by atoms with E-state index in [1.54, 1.807) is 0 Å². The van der Waals surface area contributed by atoms with Gasteiger partial charge in [0.2, 0.25) is 0 Å². The van der Waals surface area contributed by atoms with Crippen molar-refractivity contribution in [1.29, 1.82) is 0 Å². The van der Waals surface area contributed by atoms with Crippen molar-refractivity contribution < 1.29 is 35.9 Å². The molecule has 0 aliphatic carbocycles. The van der Waals surface area contributed by atoms with Crippen LogP contribution < -0.4 is 5.32 Å². The third-order valence-corrected chi connectivity index (χ3v) is 3.28. The average Bonchev–Trinajstić information content (AvgIpc) is 2.92. The lowest BCUT2D eigenvalue weighted by molar-refractivity contribution is -0.208. The lowest BCUT2D eigenvalue weighted by atomic mass is 10.0. The van der Waals surface area contributed by atoms with E-state index in [0.29, 0.717) is 6.54 Å². The molecule has 1 aliphatic heterocycles. The first-order valence-electron chi connectivity index (χ1n) is 6.73. The number of benzene rings is 1. The Hall–Kier alpha value is -2.21. The first-order valence-corrected chi connectivity index (χ1v) is 6.73. The summed E-state index contributed by atoms with van der Waals surface area (Å²) in [6.45, 7) is 0.204. The number of halogens is 6. The summed E-state index contributed by atoms with van der Waals surface area (Å²) in [7, 11) is 0. The van der Waals surface area contributed by atoms with Crippen LogP contribution in [0.1, 0.15) is 17.5 Å². The predicted molar refractivity (Wildman–Crippen MR) is 70.7 cm³/mol. The lowest BCUT2D eigenvalue weighted by Gasteiger charge is -2.22. The molecule has 0 saturated carbocycles. The number of alkyl halides is 6. The van der Waals surface area contributed by atoms with Crippen molar-refractivity contribution in [3.05, 3.63) is 35.4 Å². The van der Waals surface area contributed by atoms with Crippen LogP contribution in [-0.4, -0.2) is 30.8 Å². The summed E-state index contributed by atoms with van der Waals surface area (Å²) in [6, 6.07) is 3.81. The molecule has 130 valence electrons. The Bertz CT molecular complexity index is 660. The van der Waals surface area contributed by atoms with Crippen molar-refractivity contribution in [2.45, 2.75) is 24.4 Å². The molecule has 1 aromatic rings. The summed E-state index contributed by atoms with van der Waals surface area (Å²) >= 11 is 0. The van der Waals surface area contributed by atoms with Crippen LogP contribution in [-0.2, 0) is 15.7 Å². The highest BCUT2D eigenvalue weighted by molar-refractivity contribution is 5.76. The van der Waals surface area contributed by atoms with Gasteiger partial charge < -0.3 is 10.1 Å². The highest BCUT2D eigenvalue weighted by Gasteiger charge is 2.47. The number of hydrogen-bond acceptors (Lipinski definition) is 3. The Labute approximate surface area is 133 Å². The maximum atomic E-state index is 12.5. The average molecular weight is 351 g/mol. The molecule has 1 heterocycles. The first-order chi connectivity index (χ1) is 11.0. The molecule has 0 amide bonds. The first kappa shape index (κ1) is 18.1. The van der Waals surface area contributed by atoms with Crippen LogP contribution in [0.5, 0.6) is 0 Å². The highest BCUT2D eigenvalue weighted by Crippen LogP contribution is 2.29. The van der Waals surface area contributed by atoms with Crippen LogP contribution in [0.3, 0.4) is 0 Å². The summed E-state index contributed by atoms with van der Waals surface area (Å²) in [4.78, 5) is 11.0. The molecular weight excluding hydrogens is 340 g/mol. The van der Waals surface area contributed by atoms with Crippen LogP contribution in [0.2, 0.25) is 0 Å². The number of rotatable bonds is 1. The molecule has 1 atom stereocenters. The topological polar surface area (TPSA) is 38.3 Å². The molecule has 24 heavy (non-hydrogen) atoms. The number of hydrogen-bond donors (Lipinski definition) is 1. The molecule has 1 unspecified atom stereocenters. The third-order valence-electron chi connectivity index (χ3n) is 3.28. The quantitative estimate of drug-likeness (QED) is 0.480. The summed E-state index contributed by atoms with van der Waals surface area (Å²) in [5.74, 6) is 2.54. The molecule has 0 radical (unpaired) electrons. The Balaban J connectivity index is 2.20. The van der Waals surface area contributed by atoms with Crippen molar-refractivity contribution in [1.82, 2.24) is 5.32 Å². The van der Waals surface area contributed by atoms with Gasteiger partial charge in [0.15, 0.2) is 5.60 Å². The van der Waals surface area contributed by atoms with E-state index in [0.717, 1.165) is 24.3 Å². The molecule has 2 rings (SSSR count). The second-order valence-corrected chi connectivity index (χ2v) is 5.13. The highest BCUT2D eigenvalue weighted by atomic mass is 19.4. The van der Waals surface area contributed by atoms with Crippen LogP contribution in [0, 0.1) is 11.8 Å². The monoisotopic (exact) mass is 351 g/mol. The number of esters is 1. The Morgan fingerprint density at radius 3 is 2.21 bits per heavy atom. The molecule has 1 aliphatic rings. The van der Waals surface area contributed by atoms with E-state index in [2.05, 4.69) is 21.9 Å². The molecule has 0 bridgehead atoms. The summed E-state index contributed by atoms with van der Waals surface area (Å²) < 4.78 is 78.9. The van der Waals surface area contributed by atoms with Crippen LogP contribution in [0.25, 0.3) is 0 Å². The normalized spacial score (nSPS) is 21.1. The minimum atomic E-state index is -5.15. The van der Waals surface area contributed by atoms with Gasteiger partial charge in [-0.1, -0.05) is 5.92 Å². The molecule has 0 aromatic heterocycles. The van der Waals surface area contributed by atoms with Crippen LogP contribution in [0.4, 0.5) is 26.3 Å². The second-order valence-electron chi connectivity index (χ2n) is 5.13. The zero-order chi connectivity index (χ0) is 18.0. The number of nitrogens with one attached hydrogen (secondary N) is 1. The molecule has 9 heteroatoms. The second kappa shape index (κ2) is 6.36. The van der Waals surface area contributed by atoms with E-state index < -0.39 is 29.5 Å². The summed E-state index contributed by atoms with van der Waals surface area (Å²) in [6.07, 6.45) is -9.60. The number of carbonyl (C=O) groups is 1. The van der Waals surface area contributed by atoms with E-state index in [1.807, 2.05) is 0 Å². The van der Waals surface area contributed by atoms with E-state index >= 15 is 0 Å². The molecule has 1 N–H and O–H groups in total. The molecule has 1 fully saturated rings. The number of ether oxygens (including phenoxy) is 1. The Morgan fingerprint density at radius 1 is 1.12 bits per heavy atom. The smallest absolute Gasteiger partial charge is 0.438 e. The van der Waals surface area contributed by atoms with E-state index in [4.69, 9.17) is 0 Å². The van der Waals surface area contributed by atoms with Crippen molar-refractivity contribution in [2.24, 2.45) is 0 Å². The molecule has 1 aromatic carbocycles. The Kier molecular flexibility index (Phi) is 4.80. The van der Waals surface area contributed by atoms with Crippen LogP contribution in [0.15, 0.2) is 24.3 Å². The molecule has 3 nitrogen and oxygen atoms in total. The van der Waals surface area contributed by atoms with Gasteiger partial charge in [0.05, 0.1) is 5.56 Å². The third kappa shape index (κ3) is 4.41. The van der Waals surface area contributed by atoms with Crippen molar-refractivity contribution >= 4 is 5.97 Å². The minimum absolute atomic E-state index is 0.0441. The fourth-order valence-electron chi connectivity index (χ4n) is 2.05. The fraction of sp³-hybridized carbons (Fsp3) is 0.400. The van der Waals surface area contributed by atoms with E-state index in [-0.39, 0.29) is 18.5 Å². The van der Waals surface area contributed by atoms with E-state index in [1.165, 1.54) is 0 Å². The van der Waals surface area contributed by atoms with Gasteiger partial charge in [0, 0.05) is 25.1 Å². The maximum Gasteiger partial charge on any atom is 0.490 e. The van der Waals surface area contributed by atoms with Gasteiger partial charge in [0.25, 0.3) is 0 Å². The van der Waals surface area contributed by atoms with Gasteiger partial charge in [-0.25, -0.2) is 4.79 Å². The molecular formula is C15H11F6NO2. The zero-order valence-electron chi connectivity index (χ0n) is 12.0. The Morgan fingerprint density at radius 2 is 1.75 bits per heavy atom. The zero-order valence-corrected chi connectivity index (χ0v) is 12.0. The van der Waals surface area contributed by atoms with Gasteiger partial charge in [-0.15, -0.1) is 0 Å². The largest absolute Gasteiger partial charge is 0.490 e. The minimum Gasteiger partial charge on any atom is -0.438 e. The van der Waals surface area contributed by atoms with Gasteiger partial charge in [-0.2, -0.15) is 26.3 Å². The summed E-state index contributed by atoms with van der Waals surface area (Å²) in [5.41, 5.74) is -2.36. The van der Waals surface area contributed by atoms with Crippen molar-refractivity contribution in [3.8, 4) is 11.8 Å². The van der Waals surface area contributed by atoms with Gasteiger partial charge in [-0.05, 0) is 30.2 Å². The molecule has 0 spiro atoms. The van der Waals surface area contributed by atoms with E-state index in [9.17, 15) is 31.1 Å². The fourth-order valence-corrected chi connectivity index (χ4v) is 2.05. The van der Waals surface area contributed by atoms with Crippen molar-refractivity contribution in [3.63, 3.8) is 0 Å². The lowest BCUT2D eigenvalue weighted by Crippen LogP contribution is -2.40.